The van der Waals surface area contributed by atoms with E-state index in [0.717, 1.165) is 30.6 Å². The molecule has 1 heterocycles. The summed E-state index contributed by atoms with van der Waals surface area (Å²) in [5.41, 5.74) is 1.13. The molecular weight excluding hydrogens is 260 g/mol. The Morgan fingerprint density at radius 2 is 1.62 bits per heavy atom. The number of ether oxygens (including phenoxy) is 2. The summed E-state index contributed by atoms with van der Waals surface area (Å²) in [4.78, 5) is 0. The van der Waals surface area contributed by atoms with E-state index in [2.05, 4.69) is 24.8 Å². The van der Waals surface area contributed by atoms with E-state index in [1.165, 1.54) is 32.1 Å². The molecule has 2 fully saturated rings. The van der Waals surface area contributed by atoms with Gasteiger partial charge in [0, 0.05) is 11.5 Å². The van der Waals surface area contributed by atoms with Crippen LogP contribution in [0.2, 0.25) is 0 Å². The molecule has 1 aromatic rings. The molecule has 114 valence electrons. The van der Waals surface area contributed by atoms with Crippen molar-refractivity contribution in [2.24, 2.45) is 17.8 Å². The molecule has 0 radical (unpaired) electrons. The lowest BCUT2D eigenvalue weighted by atomic mass is 9.75. The first-order valence-corrected chi connectivity index (χ1v) is 8.26. The van der Waals surface area contributed by atoms with E-state index in [0.29, 0.717) is 5.92 Å². The standard InChI is InChI=1S/C19H26O2/c1-2-6-15-9-11-16(12-10-15)18-13-20-19(21-14-18)17-7-4-3-5-8-17/h2-5,7-8,15-16,18-19H,1,6,9-14H2/t15-,16-,18-,19-. The number of allylic oxidation sites excluding steroid dienone is 1. The lowest BCUT2D eigenvalue weighted by Crippen LogP contribution is -2.34. The average Bonchev–Trinajstić information content (AvgIpc) is 2.57. The fourth-order valence-electron chi connectivity index (χ4n) is 3.72. The summed E-state index contributed by atoms with van der Waals surface area (Å²) in [6.45, 7) is 5.55. The van der Waals surface area contributed by atoms with Gasteiger partial charge in [0.25, 0.3) is 0 Å². The van der Waals surface area contributed by atoms with E-state index in [9.17, 15) is 0 Å². The van der Waals surface area contributed by atoms with Crippen LogP contribution in [-0.4, -0.2) is 13.2 Å². The fourth-order valence-corrected chi connectivity index (χ4v) is 3.72. The Morgan fingerprint density at radius 1 is 0.952 bits per heavy atom. The first-order chi connectivity index (χ1) is 10.4. The molecule has 1 aromatic carbocycles. The molecule has 21 heavy (non-hydrogen) atoms. The maximum atomic E-state index is 5.97. The minimum Gasteiger partial charge on any atom is -0.348 e. The predicted molar refractivity (Wildman–Crippen MR) is 84.8 cm³/mol. The third kappa shape index (κ3) is 3.75. The molecule has 2 aliphatic rings. The minimum absolute atomic E-state index is 0.167. The summed E-state index contributed by atoms with van der Waals surface area (Å²) >= 11 is 0. The molecule has 0 amide bonds. The highest BCUT2D eigenvalue weighted by atomic mass is 16.7. The van der Waals surface area contributed by atoms with Crippen molar-refractivity contribution >= 4 is 0 Å². The van der Waals surface area contributed by atoms with Crippen LogP contribution in [0.25, 0.3) is 0 Å². The van der Waals surface area contributed by atoms with Gasteiger partial charge in [0.05, 0.1) is 13.2 Å². The van der Waals surface area contributed by atoms with Crippen LogP contribution in [0.3, 0.4) is 0 Å². The molecule has 3 rings (SSSR count). The molecule has 0 unspecified atom stereocenters. The van der Waals surface area contributed by atoms with Crippen molar-refractivity contribution < 1.29 is 9.47 Å². The Morgan fingerprint density at radius 3 is 2.24 bits per heavy atom. The normalized spacial score (nSPS) is 33.5. The Balaban J connectivity index is 1.47. The molecular formula is C19H26O2. The number of rotatable bonds is 4. The van der Waals surface area contributed by atoms with Crippen LogP contribution in [-0.2, 0) is 9.47 Å². The summed E-state index contributed by atoms with van der Waals surface area (Å²) in [7, 11) is 0. The Bertz CT molecular complexity index is 426. The Labute approximate surface area is 128 Å². The van der Waals surface area contributed by atoms with Gasteiger partial charge in [-0.05, 0) is 43.9 Å². The van der Waals surface area contributed by atoms with Crippen LogP contribution in [0.5, 0.6) is 0 Å². The lowest BCUT2D eigenvalue weighted by molar-refractivity contribution is -0.214. The molecule has 0 bridgehead atoms. The second kappa shape index (κ2) is 7.24. The fraction of sp³-hybridized carbons (Fsp3) is 0.579. The van der Waals surface area contributed by atoms with E-state index >= 15 is 0 Å². The smallest absolute Gasteiger partial charge is 0.183 e. The quantitative estimate of drug-likeness (QED) is 0.745. The summed E-state index contributed by atoms with van der Waals surface area (Å²) in [6, 6.07) is 10.2. The zero-order valence-corrected chi connectivity index (χ0v) is 12.7. The molecule has 1 saturated carbocycles. The van der Waals surface area contributed by atoms with Gasteiger partial charge in [0.1, 0.15) is 0 Å². The van der Waals surface area contributed by atoms with Crippen molar-refractivity contribution in [2.45, 2.75) is 38.4 Å². The second-order valence-electron chi connectivity index (χ2n) is 6.47. The van der Waals surface area contributed by atoms with Gasteiger partial charge in [0.15, 0.2) is 6.29 Å². The number of benzene rings is 1. The zero-order chi connectivity index (χ0) is 14.5. The van der Waals surface area contributed by atoms with Crippen LogP contribution < -0.4 is 0 Å². The third-order valence-corrected chi connectivity index (χ3v) is 5.05. The topological polar surface area (TPSA) is 18.5 Å². The van der Waals surface area contributed by atoms with E-state index in [4.69, 9.17) is 9.47 Å². The molecule has 1 aliphatic heterocycles. The van der Waals surface area contributed by atoms with E-state index < -0.39 is 0 Å². The van der Waals surface area contributed by atoms with Crippen molar-refractivity contribution in [2.75, 3.05) is 13.2 Å². The van der Waals surface area contributed by atoms with Gasteiger partial charge in [-0.2, -0.15) is 0 Å². The lowest BCUT2D eigenvalue weighted by Gasteiger charge is -2.37. The predicted octanol–water partition coefficient (Wildman–Crippen LogP) is 4.73. The van der Waals surface area contributed by atoms with Gasteiger partial charge in [-0.25, -0.2) is 0 Å². The van der Waals surface area contributed by atoms with E-state index in [-0.39, 0.29) is 6.29 Å². The maximum Gasteiger partial charge on any atom is 0.183 e. The molecule has 1 aliphatic carbocycles. The van der Waals surface area contributed by atoms with Gasteiger partial charge in [-0.15, -0.1) is 6.58 Å². The minimum atomic E-state index is -0.167. The van der Waals surface area contributed by atoms with Crippen molar-refractivity contribution in [3.05, 3.63) is 48.6 Å². The first-order valence-electron chi connectivity index (χ1n) is 8.26. The molecule has 0 aromatic heterocycles. The average molecular weight is 286 g/mol. The van der Waals surface area contributed by atoms with Crippen molar-refractivity contribution in [1.29, 1.82) is 0 Å². The van der Waals surface area contributed by atoms with Crippen molar-refractivity contribution in [1.82, 2.24) is 0 Å². The monoisotopic (exact) mass is 286 g/mol. The second-order valence-corrected chi connectivity index (χ2v) is 6.47. The van der Waals surface area contributed by atoms with Crippen LogP contribution in [0, 0.1) is 17.8 Å². The molecule has 0 spiro atoms. The van der Waals surface area contributed by atoms with Gasteiger partial charge in [-0.1, -0.05) is 36.4 Å². The molecule has 0 N–H and O–H groups in total. The highest BCUT2D eigenvalue weighted by Gasteiger charge is 2.31. The van der Waals surface area contributed by atoms with Gasteiger partial charge < -0.3 is 9.47 Å². The summed E-state index contributed by atoms with van der Waals surface area (Å²) in [5.74, 6) is 2.22. The maximum absolute atomic E-state index is 5.97. The van der Waals surface area contributed by atoms with Crippen molar-refractivity contribution in [3.63, 3.8) is 0 Å². The Hall–Kier alpha value is -1.12. The SMILES string of the molecule is C=CC[C@H]1CC[C@H]([C@H]2CO[C@H](c3ccccc3)OC2)CC1. The number of hydrogen-bond acceptors (Lipinski definition) is 2. The van der Waals surface area contributed by atoms with Crippen LogP contribution >= 0.6 is 0 Å². The van der Waals surface area contributed by atoms with Crippen LogP contribution in [0.1, 0.15) is 44.0 Å². The third-order valence-electron chi connectivity index (χ3n) is 5.05. The Kier molecular flexibility index (Phi) is 5.10. The zero-order valence-electron chi connectivity index (χ0n) is 12.7. The first kappa shape index (κ1) is 14.8. The number of hydrogen-bond donors (Lipinski definition) is 0. The van der Waals surface area contributed by atoms with Gasteiger partial charge >= 0.3 is 0 Å². The summed E-state index contributed by atoms with van der Waals surface area (Å²) in [5, 5.41) is 0. The van der Waals surface area contributed by atoms with Gasteiger partial charge in [0.2, 0.25) is 0 Å². The van der Waals surface area contributed by atoms with Crippen LogP contribution in [0.4, 0.5) is 0 Å². The largest absolute Gasteiger partial charge is 0.348 e. The summed E-state index contributed by atoms with van der Waals surface area (Å²) < 4.78 is 11.9. The van der Waals surface area contributed by atoms with Crippen LogP contribution in [0.15, 0.2) is 43.0 Å². The highest BCUT2D eigenvalue weighted by Crippen LogP contribution is 2.38. The molecule has 2 heteroatoms. The molecule has 2 nitrogen and oxygen atoms in total. The van der Waals surface area contributed by atoms with Crippen molar-refractivity contribution in [3.8, 4) is 0 Å². The molecule has 1 saturated heterocycles. The van der Waals surface area contributed by atoms with E-state index in [1.54, 1.807) is 0 Å². The molecule has 0 atom stereocenters. The van der Waals surface area contributed by atoms with E-state index in [1.807, 2.05) is 18.2 Å². The van der Waals surface area contributed by atoms with Gasteiger partial charge in [-0.3, -0.25) is 0 Å². The highest BCUT2D eigenvalue weighted by molar-refractivity contribution is 5.16. The summed E-state index contributed by atoms with van der Waals surface area (Å²) in [6.07, 6.45) is 8.42.